The number of amides is 2. The number of urea groups is 1. The van der Waals surface area contributed by atoms with Gasteiger partial charge in [0.2, 0.25) is 0 Å². The fourth-order valence-electron chi connectivity index (χ4n) is 3.25. The second-order valence-corrected chi connectivity index (χ2v) is 6.64. The highest BCUT2D eigenvalue weighted by Gasteiger charge is 2.22. The highest BCUT2D eigenvalue weighted by molar-refractivity contribution is 5.73. The largest absolute Gasteiger partial charge is 0.488 e. The zero-order valence-electron chi connectivity index (χ0n) is 15.7. The zero-order valence-corrected chi connectivity index (χ0v) is 15.7. The Balaban J connectivity index is 0.000000159. The number of carbonyl (C=O) groups excluding carboxylic acids is 1. The van der Waals surface area contributed by atoms with E-state index >= 15 is 0 Å². The summed E-state index contributed by atoms with van der Waals surface area (Å²) in [7, 11) is 1.60. The number of rotatable bonds is 3. The topological polar surface area (TPSA) is 79.4 Å². The molecule has 1 unspecified atom stereocenters. The lowest BCUT2D eigenvalue weighted by Gasteiger charge is -2.26. The average molecular weight is 369 g/mol. The van der Waals surface area contributed by atoms with Crippen LogP contribution < -0.4 is 20.3 Å². The van der Waals surface area contributed by atoms with Gasteiger partial charge < -0.3 is 20.3 Å². The third kappa shape index (κ3) is 5.57. The van der Waals surface area contributed by atoms with Gasteiger partial charge in [-0.1, -0.05) is 18.2 Å². The smallest absolute Gasteiger partial charge is 0.314 e. The molecule has 1 atom stereocenters. The lowest BCUT2D eigenvalue weighted by atomic mass is 10.1. The van der Waals surface area contributed by atoms with Crippen molar-refractivity contribution in [1.29, 1.82) is 0 Å². The molecule has 0 radical (unpaired) electrons. The van der Waals surface area contributed by atoms with E-state index in [9.17, 15) is 4.79 Å². The Morgan fingerprint density at radius 1 is 1.19 bits per heavy atom. The van der Waals surface area contributed by atoms with Crippen LogP contribution >= 0.6 is 0 Å². The van der Waals surface area contributed by atoms with Crippen molar-refractivity contribution in [2.75, 3.05) is 31.6 Å². The molecule has 2 N–H and O–H groups in total. The van der Waals surface area contributed by atoms with Crippen LogP contribution in [0.3, 0.4) is 0 Å². The molecule has 7 heteroatoms. The summed E-state index contributed by atoms with van der Waals surface area (Å²) in [5.41, 5.74) is 1.21. The minimum atomic E-state index is -0.172. The Kier molecular flexibility index (Phi) is 6.84. The molecule has 2 amide bonds. The molecule has 0 saturated carbocycles. The van der Waals surface area contributed by atoms with Crippen LogP contribution in [-0.2, 0) is 6.42 Å². The first-order valence-corrected chi connectivity index (χ1v) is 9.49. The summed E-state index contributed by atoms with van der Waals surface area (Å²) in [6, 6.07) is 11.7. The van der Waals surface area contributed by atoms with Gasteiger partial charge in [-0.2, -0.15) is 5.10 Å². The first-order valence-electron chi connectivity index (χ1n) is 9.49. The standard InChI is InChI=1S/C11H14N2O2.C9H13N3/c1-12-11(14)13-7-9-6-8-4-2-3-5-10(8)15-9;1-2-7-12(8-3-1)9-5-4-6-10-11-9/h2-5,9H,6-7H2,1H3,(H2,12,13,14);4-6H,1-3,7-8H2. The predicted octanol–water partition coefficient (Wildman–Crippen LogP) is 2.39. The molecule has 1 fully saturated rings. The second kappa shape index (κ2) is 9.75. The highest BCUT2D eigenvalue weighted by atomic mass is 16.5. The molecule has 2 aliphatic rings. The number of anilines is 1. The van der Waals surface area contributed by atoms with Gasteiger partial charge in [-0.05, 0) is 43.0 Å². The van der Waals surface area contributed by atoms with E-state index in [1.165, 1.54) is 24.8 Å². The summed E-state index contributed by atoms with van der Waals surface area (Å²) in [6.45, 7) is 2.81. The van der Waals surface area contributed by atoms with Crippen LogP contribution in [0.5, 0.6) is 5.75 Å². The van der Waals surface area contributed by atoms with Gasteiger partial charge in [0, 0.05) is 32.8 Å². The summed E-state index contributed by atoms with van der Waals surface area (Å²) < 4.78 is 5.66. The van der Waals surface area contributed by atoms with Gasteiger partial charge in [-0.3, -0.25) is 0 Å². The predicted molar refractivity (Wildman–Crippen MR) is 105 cm³/mol. The number of nitrogens with one attached hydrogen (secondary N) is 2. The number of aromatic nitrogens is 2. The van der Waals surface area contributed by atoms with Crippen molar-refractivity contribution in [3.05, 3.63) is 48.2 Å². The zero-order chi connectivity index (χ0) is 18.9. The maximum Gasteiger partial charge on any atom is 0.314 e. The third-order valence-electron chi connectivity index (χ3n) is 4.67. The Hall–Kier alpha value is -2.83. The van der Waals surface area contributed by atoms with E-state index in [4.69, 9.17) is 4.74 Å². The fourth-order valence-corrected chi connectivity index (χ4v) is 3.25. The van der Waals surface area contributed by atoms with E-state index < -0.39 is 0 Å². The number of piperidine rings is 1. The lowest BCUT2D eigenvalue weighted by Crippen LogP contribution is -2.39. The quantitative estimate of drug-likeness (QED) is 0.868. The number of hydrogen-bond donors (Lipinski definition) is 2. The maximum absolute atomic E-state index is 11.0. The van der Waals surface area contributed by atoms with Crippen molar-refractivity contribution >= 4 is 11.8 Å². The van der Waals surface area contributed by atoms with Crippen molar-refractivity contribution in [1.82, 2.24) is 20.8 Å². The van der Waals surface area contributed by atoms with Crippen LogP contribution in [0.2, 0.25) is 0 Å². The molecule has 144 valence electrons. The number of nitrogens with zero attached hydrogens (tertiary/aromatic N) is 3. The van der Waals surface area contributed by atoms with Gasteiger partial charge >= 0.3 is 6.03 Å². The van der Waals surface area contributed by atoms with Gasteiger partial charge in [-0.15, -0.1) is 5.10 Å². The van der Waals surface area contributed by atoms with Crippen molar-refractivity contribution in [3.63, 3.8) is 0 Å². The molecule has 0 bridgehead atoms. The van der Waals surface area contributed by atoms with Crippen LogP contribution in [0, 0.1) is 0 Å². The molecule has 1 aromatic heterocycles. The molecule has 1 aromatic carbocycles. The average Bonchev–Trinajstić information content (AvgIpc) is 3.17. The molecule has 2 aromatic rings. The summed E-state index contributed by atoms with van der Waals surface area (Å²) in [6.07, 6.45) is 6.57. The van der Waals surface area contributed by atoms with E-state index in [0.29, 0.717) is 6.54 Å². The molecule has 0 aliphatic carbocycles. The number of hydrogen-bond acceptors (Lipinski definition) is 5. The minimum absolute atomic E-state index is 0.0553. The Bertz CT molecular complexity index is 694. The van der Waals surface area contributed by atoms with Crippen molar-refractivity contribution in [2.45, 2.75) is 31.8 Å². The lowest BCUT2D eigenvalue weighted by molar-refractivity contribution is 0.215. The fraction of sp³-hybridized carbons (Fsp3) is 0.450. The Labute approximate surface area is 160 Å². The van der Waals surface area contributed by atoms with Gasteiger partial charge in [-0.25, -0.2) is 4.79 Å². The third-order valence-corrected chi connectivity index (χ3v) is 4.67. The molecule has 27 heavy (non-hydrogen) atoms. The molecular formula is C20H27N5O2. The van der Waals surface area contributed by atoms with Gasteiger partial charge in [0.25, 0.3) is 0 Å². The van der Waals surface area contributed by atoms with Crippen LogP contribution in [0.15, 0.2) is 42.6 Å². The molecule has 4 rings (SSSR count). The van der Waals surface area contributed by atoms with E-state index in [1.54, 1.807) is 13.2 Å². The first kappa shape index (κ1) is 18.9. The molecule has 3 heterocycles. The van der Waals surface area contributed by atoms with E-state index in [0.717, 1.165) is 31.1 Å². The van der Waals surface area contributed by atoms with E-state index in [1.807, 2.05) is 30.3 Å². The van der Waals surface area contributed by atoms with Crippen molar-refractivity contribution in [2.24, 2.45) is 0 Å². The molecular weight excluding hydrogens is 342 g/mol. The molecule has 0 spiro atoms. The SMILES string of the molecule is CNC(=O)NCC1Cc2ccccc2O1.c1cnnc(N2CCCCC2)c1. The van der Waals surface area contributed by atoms with Crippen molar-refractivity contribution < 1.29 is 9.53 Å². The molecule has 2 aliphatic heterocycles. The number of benzene rings is 1. The van der Waals surface area contributed by atoms with Gasteiger partial charge in [0.05, 0.1) is 6.54 Å². The van der Waals surface area contributed by atoms with Crippen LogP contribution in [0.4, 0.5) is 10.6 Å². The summed E-state index contributed by atoms with van der Waals surface area (Å²) in [4.78, 5) is 13.3. The summed E-state index contributed by atoms with van der Waals surface area (Å²) in [5, 5.41) is 13.2. The second-order valence-electron chi connectivity index (χ2n) is 6.64. The normalized spacial score (nSPS) is 17.8. The van der Waals surface area contributed by atoms with Crippen LogP contribution in [0.1, 0.15) is 24.8 Å². The first-order chi connectivity index (χ1) is 13.3. The van der Waals surface area contributed by atoms with Gasteiger partial charge in [0.1, 0.15) is 11.9 Å². The highest BCUT2D eigenvalue weighted by Crippen LogP contribution is 2.27. The van der Waals surface area contributed by atoms with Gasteiger partial charge in [0.15, 0.2) is 5.82 Å². The number of para-hydroxylation sites is 1. The summed E-state index contributed by atoms with van der Waals surface area (Å²) in [5.74, 6) is 1.96. The van der Waals surface area contributed by atoms with Crippen molar-refractivity contribution in [3.8, 4) is 5.75 Å². The molecule has 1 saturated heterocycles. The monoisotopic (exact) mass is 369 g/mol. The molecule has 7 nitrogen and oxygen atoms in total. The summed E-state index contributed by atoms with van der Waals surface area (Å²) >= 11 is 0. The maximum atomic E-state index is 11.0. The Morgan fingerprint density at radius 3 is 2.70 bits per heavy atom. The van der Waals surface area contributed by atoms with Crippen LogP contribution in [-0.4, -0.2) is 49.0 Å². The van der Waals surface area contributed by atoms with E-state index in [2.05, 4.69) is 31.8 Å². The van der Waals surface area contributed by atoms with E-state index in [-0.39, 0.29) is 12.1 Å². The minimum Gasteiger partial charge on any atom is -0.488 e. The number of ether oxygens (including phenoxy) is 1. The number of fused-ring (bicyclic) bond motifs is 1. The Morgan fingerprint density at radius 2 is 2.00 bits per heavy atom. The van der Waals surface area contributed by atoms with Crippen LogP contribution in [0.25, 0.3) is 0 Å². The number of carbonyl (C=O) groups is 1.